The van der Waals surface area contributed by atoms with E-state index in [0.29, 0.717) is 36.3 Å². The molecule has 1 fully saturated rings. The van der Waals surface area contributed by atoms with Crippen LogP contribution < -0.4 is 15.8 Å². The van der Waals surface area contributed by atoms with Gasteiger partial charge in [0.25, 0.3) is 0 Å². The van der Waals surface area contributed by atoms with E-state index in [9.17, 15) is 19.5 Å². The third-order valence-corrected chi connectivity index (χ3v) is 5.80. The van der Waals surface area contributed by atoms with E-state index in [1.54, 1.807) is 42.5 Å². The number of nitrogen functional groups attached to an aromatic ring is 1. The van der Waals surface area contributed by atoms with Crippen molar-refractivity contribution >= 4 is 34.5 Å². The molecule has 33 heavy (non-hydrogen) atoms. The summed E-state index contributed by atoms with van der Waals surface area (Å²) < 4.78 is 10.9. The summed E-state index contributed by atoms with van der Waals surface area (Å²) in [7, 11) is 0. The van der Waals surface area contributed by atoms with Crippen LogP contribution in [-0.2, 0) is 16.1 Å². The Morgan fingerprint density at radius 3 is 2.55 bits per heavy atom. The molecule has 4 rings (SSSR count). The van der Waals surface area contributed by atoms with Crippen LogP contribution >= 0.6 is 0 Å². The van der Waals surface area contributed by atoms with Gasteiger partial charge in [0.05, 0.1) is 18.4 Å². The number of furan rings is 1. The lowest BCUT2D eigenvalue weighted by molar-refractivity contribution is -0.146. The van der Waals surface area contributed by atoms with Crippen molar-refractivity contribution in [2.24, 2.45) is 17.6 Å². The molecule has 9 nitrogen and oxygen atoms in total. The van der Waals surface area contributed by atoms with Crippen molar-refractivity contribution in [3.8, 4) is 5.75 Å². The molecule has 9 heteroatoms. The smallest absolute Gasteiger partial charge is 0.379 e. The normalized spacial score (nSPS) is 17.6. The summed E-state index contributed by atoms with van der Waals surface area (Å²) in [6.07, 6.45) is 1.75. The monoisotopic (exact) mass is 449 g/mol. The van der Waals surface area contributed by atoms with E-state index in [1.165, 1.54) is 6.07 Å². The Morgan fingerprint density at radius 2 is 1.79 bits per heavy atom. The van der Waals surface area contributed by atoms with Gasteiger partial charge in [-0.15, -0.1) is 0 Å². The molecule has 0 radical (unpaired) electrons. The standard InChI is InChI=1S/C24H23N3O6/c25-21(26)15-5-4-14-11-16(7-6-13(14)10-15)33-24(31)20-9-8-17(32-20)12-27-22(28)18-2-1-3-19(18)23(29)30/h4-11,18-19H,1-3,12H2,(H3,25,26)(H,27,28)(H,29,30)/t18-,19-/m1/s1. The van der Waals surface area contributed by atoms with Crippen molar-refractivity contribution < 1.29 is 28.6 Å². The van der Waals surface area contributed by atoms with Gasteiger partial charge in [-0.25, -0.2) is 4.79 Å². The zero-order valence-electron chi connectivity index (χ0n) is 17.7. The number of ether oxygens (including phenoxy) is 1. The number of rotatable bonds is 7. The third kappa shape index (κ3) is 4.87. The minimum atomic E-state index is -0.955. The number of carboxylic acids is 1. The van der Waals surface area contributed by atoms with Gasteiger partial charge >= 0.3 is 11.9 Å². The molecule has 0 saturated heterocycles. The molecule has 1 aliphatic carbocycles. The molecule has 5 N–H and O–H groups in total. The van der Waals surface area contributed by atoms with Gasteiger partial charge in [-0.3, -0.25) is 15.0 Å². The van der Waals surface area contributed by atoms with Crippen molar-refractivity contribution in [1.29, 1.82) is 5.41 Å². The van der Waals surface area contributed by atoms with E-state index in [2.05, 4.69) is 5.32 Å². The lowest BCUT2D eigenvalue weighted by Crippen LogP contribution is -2.34. The van der Waals surface area contributed by atoms with Crippen molar-refractivity contribution in [3.05, 3.63) is 65.6 Å². The maximum absolute atomic E-state index is 12.5. The number of fused-ring (bicyclic) bond motifs is 1. The largest absolute Gasteiger partial charge is 0.481 e. The highest BCUT2D eigenvalue weighted by Crippen LogP contribution is 2.32. The first kappa shape index (κ1) is 22.1. The van der Waals surface area contributed by atoms with Crippen LogP contribution in [0.25, 0.3) is 10.8 Å². The molecule has 1 aromatic heterocycles. The van der Waals surface area contributed by atoms with Crippen LogP contribution in [0, 0.1) is 17.2 Å². The number of hydrogen-bond acceptors (Lipinski definition) is 6. The molecule has 0 bridgehead atoms. The minimum Gasteiger partial charge on any atom is -0.481 e. The van der Waals surface area contributed by atoms with Gasteiger partial charge in [-0.2, -0.15) is 0 Å². The summed E-state index contributed by atoms with van der Waals surface area (Å²) in [4.78, 5) is 36.1. The van der Waals surface area contributed by atoms with Crippen LogP contribution in [0.4, 0.5) is 0 Å². The highest BCUT2D eigenvalue weighted by molar-refractivity contribution is 5.99. The Bertz CT molecular complexity index is 1250. The van der Waals surface area contributed by atoms with Gasteiger partial charge in [-0.05, 0) is 53.9 Å². The van der Waals surface area contributed by atoms with Gasteiger partial charge in [0.1, 0.15) is 17.3 Å². The molecule has 0 spiro atoms. The number of benzene rings is 2. The number of hydrogen-bond donors (Lipinski definition) is 4. The van der Waals surface area contributed by atoms with E-state index in [-0.39, 0.29) is 24.0 Å². The number of amidine groups is 1. The maximum Gasteiger partial charge on any atom is 0.379 e. The molecule has 170 valence electrons. The first-order valence-corrected chi connectivity index (χ1v) is 10.5. The van der Waals surface area contributed by atoms with E-state index in [0.717, 1.165) is 10.8 Å². The Hall–Kier alpha value is -4.14. The summed E-state index contributed by atoms with van der Waals surface area (Å²) in [5.74, 6) is -2.55. The molecule has 2 aromatic carbocycles. The number of carboxylic acid groups (broad SMARTS) is 1. The van der Waals surface area contributed by atoms with E-state index in [4.69, 9.17) is 20.3 Å². The third-order valence-electron chi connectivity index (χ3n) is 5.80. The highest BCUT2D eigenvalue weighted by atomic mass is 16.5. The van der Waals surface area contributed by atoms with Gasteiger partial charge in [-0.1, -0.05) is 24.6 Å². The first-order chi connectivity index (χ1) is 15.8. The van der Waals surface area contributed by atoms with Gasteiger partial charge in [0.2, 0.25) is 11.7 Å². The van der Waals surface area contributed by atoms with Crippen molar-refractivity contribution in [2.45, 2.75) is 25.8 Å². The molecule has 2 atom stereocenters. The number of nitrogens with one attached hydrogen (secondary N) is 2. The molecular weight excluding hydrogens is 426 g/mol. The average Bonchev–Trinajstić information content (AvgIpc) is 3.47. The Morgan fingerprint density at radius 1 is 1.06 bits per heavy atom. The fraction of sp³-hybridized carbons (Fsp3) is 0.250. The zero-order chi connectivity index (χ0) is 23.5. The lowest BCUT2D eigenvalue weighted by atomic mass is 9.95. The number of aliphatic carboxylic acids is 1. The molecule has 0 unspecified atom stereocenters. The van der Waals surface area contributed by atoms with Gasteiger partial charge in [0.15, 0.2) is 0 Å². The topological polar surface area (TPSA) is 156 Å². The van der Waals surface area contributed by atoms with Crippen LogP contribution in [0.5, 0.6) is 5.75 Å². The van der Waals surface area contributed by atoms with Crippen molar-refractivity contribution in [1.82, 2.24) is 5.32 Å². The van der Waals surface area contributed by atoms with E-state index >= 15 is 0 Å². The molecule has 0 aliphatic heterocycles. The number of amides is 1. The Labute approximate surface area is 189 Å². The van der Waals surface area contributed by atoms with Crippen LogP contribution in [-0.4, -0.2) is 28.8 Å². The lowest BCUT2D eigenvalue weighted by Gasteiger charge is -2.14. The maximum atomic E-state index is 12.5. The predicted molar refractivity (Wildman–Crippen MR) is 119 cm³/mol. The van der Waals surface area contributed by atoms with Gasteiger partial charge < -0.3 is 25.3 Å². The van der Waals surface area contributed by atoms with Crippen LogP contribution in [0.15, 0.2) is 52.9 Å². The zero-order valence-corrected chi connectivity index (χ0v) is 17.7. The summed E-state index contributed by atoms with van der Waals surface area (Å²) in [5.41, 5.74) is 6.12. The molecule has 1 aliphatic rings. The number of carbonyl (C=O) groups is 3. The molecular formula is C24H23N3O6. The summed E-state index contributed by atoms with van der Waals surface area (Å²) in [6, 6.07) is 13.4. The molecule has 1 heterocycles. The molecule has 3 aromatic rings. The second-order valence-corrected chi connectivity index (χ2v) is 7.99. The van der Waals surface area contributed by atoms with Crippen molar-refractivity contribution in [3.63, 3.8) is 0 Å². The van der Waals surface area contributed by atoms with Crippen LogP contribution in [0.1, 0.15) is 41.1 Å². The summed E-state index contributed by atoms with van der Waals surface area (Å²) in [5, 5.41) is 21.1. The van der Waals surface area contributed by atoms with Gasteiger partial charge in [0, 0.05) is 5.56 Å². The molecule has 1 saturated carbocycles. The Kier molecular flexibility index (Phi) is 6.12. The quantitative estimate of drug-likeness (QED) is 0.187. The molecule has 1 amide bonds. The second-order valence-electron chi connectivity index (χ2n) is 7.99. The highest BCUT2D eigenvalue weighted by Gasteiger charge is 2.37. The second kappa shape index (κ2) is 9.15. The first-order valence-electron chi connectivity index (χ1n) is 10.5. The number of carbonyl (C=O) groups excluding carboxylic acids is 2. The SMILES string of the molecule is N=C(N)c1ccc2cc(OC(=O)c3ccc(CNC(=O)[C@@H]4CCC[C@H]4C(=O)O)o3)ccc2c1. The van der Waals surface area contributed by atoms with Crippen LogP contribution in [0.2, 0.25) is 0 Å². The Balaban J connectivity index is 1.37. The van der Waals surface area contributed by atoms with E-state index < -0.39 is 23.8 Å². The van der Waals surface area contributed by atoms with Crippen LogP contribution in [0.3, 0.4) is 0 Å². The summed E-state index contributed by atoms with van der Waals surface area (Å²) >= 11 is 0. The summed E-state index contributed by atoms with van der Waals surface area (Å²) in [6.45, 7) is 0.0450. The number of nitrogens with two attached hydrogens (primary N) is 1. The van der Waals surface area contributed by atoms with Crippen molar-refractivity contribution in [2.75, 3.05) is 0 Å². The fourth-order valence-corrected chi connectivity index (χ4v) is 4.07. The fourth-order valence-electron chi connectivity index (χ4n) is 4.07. The van der Waals surface area contributed by atoms with E-state index in [1.807, 2.05) is 0 Å². The average molecular weight is 449 g/mol. The minimum absolute atomic E-state index is 0.0180. The predicted octanol–water partition coefficient (Wildman–Crippen LogP) is 3.05. The number of esters is 1.